The zero-order valence-corrected chi connectivity index (χ0v) is 25.3. The number of aromatic nitrogens is 2. The number of hydrogen-bond acceptors (Lipinski definition) is 5. The Bertz CT molecular complexity index is 1950. The molecule has 4 heterocycles. The van der Waals surface area contributed by atoms with E-state index in [1.54, 1.807) is 49.7 Å². The van der Waals surface area contributed by atoms with Crippen LogP contribution in [0.2, 0.25) is 0 Å². The summed E-state index contributed by atoms with van der Waals surface area (Å²) in [5.74, 6) is -0.624. The van der Waals surface area contributed by atoms with E-state index < -0.39 is 56.2 Å². The molecule has 1 fully saturated rings. The molecule has 7 rings (SSSR count). The largest absolute Gasteiger partial charge is 0.495 e. The van der Waals surface area contributed by atoms with Crippen molar-refractivity contribution in [2.75, 3.05) is 20.3 Å². The molecule has 4 aromatic rings. The van der Waals surface area contributed by atoms with Gasteiger partial charge in [-0.25, -0.2) is 9.37 Å². The van der Waals surface area contributed by atoms with Crippen molar-refractivity contribution in [2.45, 2.75) is 57.4 Å². The van der Waals surface area contributed by atoms with Gasteiger partial charge in [-0.3, -0.25) is 4.79 Å². The lowest BCUT2D eigenvalue weighted by Crippen LogP contribution is -2.41. The Kier molecular flexibility index (Phi) is 5.12. The van der Waals surface area contributed by atoms with E-state index in [0.29, 0.717) is 50.7 Å². The van der Waals surface area contributed by atoms with Gasteiger partial charge in [-0.05, 0) is 88.3 Å². The molecule has 1 aromatic heterocycles. The molecule has 0 spiro atoms. The molecule has 1 saturated heterocycles. The van der Waals surface area contributed by atoms with E-state index >= 15 is 4.39 Å². The number of fused-ring (bicyclic) bond motifs is 9. The second kappa shape index (κ2) is 8.88. The summed E-state index contributed by atoms with van der Waals surface area (Å²) in [5, 5.41) is 0.460. The Morgan fingerprint density at radius 1 is 1.02 bits per heavy atom. The number of carbonyl (C=O) groups is 1. The second-order valence-electron chi connectivity index (χ2n) is 12.9. The molecule has 3 aliphatic rings. The minimum Gasteiger partial charge on any atom is -0.399 e. The molecule has 1 amide bonds. The van der Waals surface area contributed by atoms with Gasteiger partial charge in [0.1, 0.15) is 18.8 Å². The molecular formula is C32H34BFN3O4P. The fourth-order valence-electron chi connectivity index (χ4n) is 6.39. The zero-order valence-electron chi connectivity index (χ0n) is 27.4. The number of imidazole rings is 1. The topological polar surface area (TPSA) is 73.7 Å². The van der Waals surface area contributed by atoms with Crippen LogP contribution in [0.25, 0.3) is 22.2 Å². The molecule has 0 radical (unpaired) electrons. The fourth-order valence-corrected chi connectivity index (χ4v) is 7.25. The summed E-state index contributed by atoms with van der Waals surface area (Å²) in [6, 6.07) is 14.0. The summed E-state index contributed by atoms with van der Waals surface area (Å²) in [7, 11) is -3.44. The molecule has 10 heteroatoms. The van der Waals surface area contributed by atoms with E-state index in [1.165, 1.54) is 6.07 Å². The Morgan fingerprint density at radius 3 is 2.43 bits per heavy atom. The average Bonchev–Trinajstić information content (AvgIpc) is 3.51. The van der Waals surface area contributed by atoms with Crippen LogP contribution >= 0.6 is 7.14 Å². The molecule has 0 saturated carbocycles. The van der Waals surface area contributed by atoms with Crippen LogP contribution in [-0.2, 0) is 13.9 Å². The molecule has 7 nitrogen and oxygen atoms in total. The van der Waals surface area contributed by atoms with E-state index in [-0.39, 0.29) is 5.56 Å². The van der Waals surface area contributed by atoms with Gasteiger partial charge in [0.25, 0.3) is 5.91 Å². The maximum absolute atomic E-state index is 15.4. The SMILES string of the molecule is [2H]C([2H])([2H])N1C(=O)c2cccc(B3OC(C)(C)C(C)(C)O3)c2[C@H]2C[C@@H]1c1nc3ccc(-c4ccc(P(C)(C)=O)cc4F)cc3n12. The minimum absolute atomic E-state index is 0.277. The smallest absolute Gasteiger partial charge is 0.399 e. The van der Waals surface area contributed by atoms with Crippen molar-refractivity contribution in [1.29, 1.82) is 0 Å². The van der Waals surface area contributed by atoms with Gasteiger partial charge in [-0.2, -0.15) is 0 Å². The number of hydrogen-bond donors (Lipinski definition) is 0. The van der Waals surface area contributed by atoms with E-state index in [2.05, 4.69) is 0 Å². The van der Waals surface area contributed by atoms with Crippen LogP contribution in [0.15, 0.2) is 54.6 Å². The normalized spacial score (nSPS) is 23.8. The van der Waals surface area contributed by atoms with Crippen LogP contribution in [0.3, 0.4) is 0 Å². The number of nitrogens with zero attached hydrogens (tertiary/aromatic N) is 3. The highest BCUT2D eigenvalue weighted by Crippen LogP contribution is 2.48. The standard InChI is InChI=1S/C32H34BFN3O4P/c1-31(2)32(3,4)41-33(40-31)22-10-8-9-21-28(22)26-17-27(36(5)30(21)38)29-35-24-14-11-18(15-25(24)37(26)29)20-13-12-19(16-23(20)34)42(6,7)39/h8-16,26-27H,17H2,1-7H3/t26-,27-/m1/s1/i5D3. The Hall–Kier alpha value is -3.26. The lowest BCUT2D eigenvalue weighted by atomic mass is 9.72. The minimum atomic E-state index is -2.73. The third-order valence-electron chi connectivity index (χ3n) is 9.40. The van der Waals surface area contributed by atoms with Gasteiger partial charge < -0.3 is 23.3 Å². The molecule has 216 valence electrons. The number of halogens is 1. The quantitative estimate of drug-likeness (QED) is 0.233. The fraction of sp³-hybridized carbons (Fsp3) is 0.375. The number of amides is 1. The van der Waals surface area contributed by atoms with E-state index in [4.69, 9.17) is 18.4 Å². The number of benzene rings is 3. The first-order valence-electron chi connectivity index (χ1n) is 15.6. The molecule has 3 aromatic carbocycles. The summed E-state index contributed by atoms with van der Waals surface area (Å²) in [4.78, 5) is 19.9. The van der Waals surface area contributed by atoms with Crippen molar-refractivity contribution in [2.24, 2.45) is 0 Å². The first-order valence-corrected chi connectivity index (χ1v) is 16.7. The summed E-state index contributed by atoms with van der Waals surface area (Å²) >= 11 is 0. The first-order chi connectivity index (χ1) is 20.9. The Balaban J connectivity index is 1.45. The molecule has 0 N–H and O–H groups in total. The Morgan fingerprint density at radius 2 is 1.76 bits per heavy atom. The van der Waals surface area contributed by atoms with Crippen LogP contribution in [-0.4, -0.2) is 59.0 Å². The molecular weight excluding hydrogens is 551 g/mol. The van der Waals surface area contributed by atoms with Crippen molar-refractivity contribution in [3.8, 4) is 11.1 Å². The molecule has 2 bridgehead atoms. The van der Waals surface area contributed by atoms with E-state index in [0.717, 1.165) is 4.90 Å². The third-order valence-corrected chi connectivity index (χ3v) is 10.9. The highest BCUT2D eigenvalue weighted by atomic mass is 31.2. The lowest BCUT2D eigenvalue weighted by Gasteiger charge is -2.32. The molecule has 2 atom stereocenters. The van der Waals surface area contributed by atoms with Crippen LogP contribution in [0, 0.1) is 5.82 Å². The average molecular weight is 588 g/mol. The van der Waals surface area contributed by atoms with E-state index in [1.807, 2.05) is 44.4 Å². The van der Waals surface area contributed by atoms with Crippen molar-refractivity contribution in [3.05, 3.63) is 77.4 Å². The Labute approximate surface area is 249 Å². The second-order valence-corrected chi connectivity index (χ2v) is 16.1. The summed E-state index contributed by atoms with van der Waals surface area (Å²) < 4.78 is 68.0. The van der Waals surface area contributed by atoms with Crippen molar-refractivity contribution in [1.82, 2.24) is 14.5 Å². The van der Waals surface area contributed by atoms with Gasteiger partial charge in [0.15, 0.2) is 0 Å². The zero-order chi connectivity index (χ0) is 32.4. The summed E-state index contributed by atoms with van der Waals surface area (Å²) in [6.45, 7) is 8.30. The van der Waals surface area contributed by atoms with Crippen molar-refractivity contribution in [3.63, 3.8) is 0 Å². The summed E-state index contributed by atoms with van der Waals surface area (Å²) in [6.07, 6.45) is 0.293. The van der Waals surface area contributed by atoms with Crippen LogP contribution in [0.4, 0.5) is 4.39 Å². The van der Waals surface area contributed by atoms with Crippen molar-refractivity contribution < 1.29 is 27.2 Å². The third kappa shape index (κ3) is 3.90. The monoisotopic (exact) mass is 588 g/mol. The highest BCUT2D eigenvalue weighted by molar-refractivity contribution is 7.70. The maximum atomic E-state index is 15.4. The van der Waals surface area contributed by atoms with Gasteiger partial charge in [-0.15, -0.1) is 0 Å². The maximum Gasteiger partial charge on any atom is 0.495 e. The van der Waals surface area contributed by atoms with E-state index in [9.17, 15) is 9.36 Å². The van der Waals surface area contributed by atoms with Gasteiger partial charge in [-0.1, -0.05) is 30.3 Å². The van der Waals surface area contributed by atoms with Gasteiger partial charge in [0.05, 0.1) is 34.3 Å². The molecule has 0 aliphatic carbocycles. The highest BCUT2D eigenvalue weighted by Gasteiger charge is 2.54. The summed E-state index contributed by atoms with van der Waals surface area (Å²) in [5.41, 5.74) is 2.53. The van der Waals surface area contributed by atoms with Crippen molar-refractivity contribution >= 4 is 42.0 Å². The number of carbonyl (C=O) groups excluding carboxylic acids is 1. The van der Waals surface area contributed by atoms with Gasteiger partial charge in [0, 0.05) is 27.5 Å². The lowest BCUT2D eigenvalue weighted by molar-refractivity contribution is 0.00578. The van der Waals surface area contributed by atoms with Crippen LogP contribution < -0.4 is 10.8 Å². The molecule has 42 heavy (non-hydrogen) atoms. The molecule has 0 unspecified atom stereocenters. The number of rotatable bonds is 3. The van der Waals surface area contributed by atoms with Crippen LogP contribution in [0.5, 0.6) is 0 Å². The first kappa shape index (κ1) is 24.2. The van der Waals surface area contributed by atoms with Gasteiger partial charge >= 0.3 is 7.12 Å². The van der Waals surface area contributed by atoms with Crippen LogP contribution in [0.1, 0.15) is 72.1 Å². The van der Waals surface area contributed by atoms with Gasteiger partial charge in [0.2, 0.25) is 0 Å². The predicted octanol–water partition coefficient (Wildman–Crippen LogP) is 5.51. The predicted molar refractivity (Wildman–Crippen MR) is 164 cm³/mol. The molecule has 3 aliphatic heterocycles.